The molecule has 0 aromatic rings. The Labute approximate surface area is 150 Å². The van der Waals surface area contributed by atoms with Crippen molar-refractivity contribution in [1.29, 1.82) is 0 Å². The average molecular weight is 357 g/mol. The summed E-state index contributed by atoms with van der Waals surface area (Å²) >= 11 is 7.92. The van der Waals surface area contributed by atoms with Gasteiger partial charge in [0.05, 0.1) is 0 Å². The first-order valence-corrected chi connectivity index (χ1v) is 12.0. The first-order valence-electron chi connectivity index (χ1n) is 9.63. The van der Waals surface area contributed by atoms with Crippen molar-refractivity contribution in [2.45, 2.75) is 113 Å². The first kappa shape index (κ1) is 19.0. The zero-order valence-corrected chi connectivity index (χ0v) is 16.6. The maximum atomic E-state index is 3.96. The van der Waals surface area contributed by atoms with Crippen LogP contribution in [0.2, 0.25) is 0 Å². The van der Waals surface area contributed by atoms with Gasteiger partial charge in [0, 0.05) is 4.31 Å². The smallest absolute Gasteiger partial charge is 0.0297 e. The van der Waals surface area contributed by atoms with Gasteiger partial charge in [0.15, 0.2) is 0 Å². The fraction of sp³-hybridized carbons (Fsp3) is 0.947. The van der Waals surface area contributed by atoms with Crippen molar-refractivity contribution < 1.29 is 0 Å². The molecule has 3 rings (SSSR count). The van der Waals surface area contributed by atoms with Crippen molar-refractivity contribution in [3.05, 3.63) is 0 Å². The Balaban J connectivity index is 0.000000545. The van der Waals surface area contributed by atoms with Crippen LogP contribution >= 0.6 is 32.4 Å². The lowest BCUT2D eigenvalue weighted by Gasteiger charge is -2.44. The fourth-order valence-corrected chi connectivity index (χ4v) is 9.71. The highest BCUT2D eigenvalue weighted by atomic mass is 32.1. The van der Waals surface area contributed by atoms with Crippen LogP contribution in [0.1, 0.15) is 96.3 Å². The molecule has 0 spiro atoms. The van der Waals surface area contributed by atoms with Gasteiger partial charge < -0.3 is 0 Å². The van der Waals surface area contributed by atoms with Gasteiger partial charge in [-0.3, -0.25) is 0 Å². The molecule has 3 aliphatic carbocycles. The molecule has 3 aliphatic rings. The van der Waals surface area contributed by atoms with Gasteiger partial charge in [-0.25, -0.2) is 0 Å². The molecule has 0 aliphatic heterocycles. The quantitative estimate of drug-likeness (QED) is 0.379. The fourth-order valence-electron chi connectivity index (χ4n) is 5.03. The van der Waals surface area contributed by atoms with E-state index < -0.39 is 0 Å². The molecule has 0 aromatic carbocycles. The lowest BCUT2D eigenvalue weighted by Crippen LogP contribution is -2.28. The molecule has 3 fully saturated rings. The highest BCUT2D eigenvalue weighted by molar-refractivity contribution is 7.93. The molecule has 0 atom stereocenters. The molecule has 0 bridgehead atoms. The van der Waals surface area contributed by atoms with Crippen LogP contribution in [0.3, 0.4) is 0 Å². The lowest BCUT2D eigenvalue weighted by atomic mass is 9.99. The van der Waals surface area contributed by atoms with Gasteiger partial charge in [0.2, 0.25) is 0 Å². The molecule has 3 saturated carbocycles. The Bertz CT molecular complexity index is 278. The highest BCUT2D eigenvalue weighted by Crippen LogP contribution is 2.61. The van der Waals surface area contributed by atoms with Crippen LogP contribution in [-0.4, -0.2) is 21.3 Å². The number of hydrogen-bond acceptors (Lipinski definition) is 2. The van der Waals surface area contributed by atoms with Crippen LogP contribution in [0, 0.1) is 0 Å². The maximum Gasteiger partial charge on any atom is 0.0297 e. The molecule has 0 heterocycles. The van der Waals surface area contributed by atoms with Crippen molar-refractivity contribution in [3.63, 3.8) is 0 Å². The molecule has 0 nitrogen and oxygen atoms in total. The van der Waals surface area contributed by atoms with E-state index in [9.17, 15) is 0 Å². The summed E-state index contributed by atoms with van der Waals surface area (Å²) in [5, 5.41) is 0. The number of thiocarbonyl (C=S) groups is 2. The third kappa shape index (κ3) is 5.94. The van der Waals surface area contributed by atoms with Crippen LogP contribution in [0.15, 0.2) is 0 Å². The van der Waals surface area contributed by atoms with E-state index in [4.69, 9.17) is 0 Å². The third-order valence-corrected chi connectivity index (χ3v) is 10.1. The zero-order chi connectivity index (χ0) is 15.6. The zero-order valence-electron chi connectivity index (χ0n) is 14.1. The molecule has 0 radical (unpaired) electrons. The molecule has 0 amide bonds. The second-order valence-corrected chi connectivity index (χ2v) is 11.2. The van der Waals surface area contributed by atoms with Gasteiger partial charge in [0.25, 0.3) is 0 Å². The normalized spacial score (nSPS) is 25.3. The van der Waals surface area contributed by atoms with Gasteiger partial charge in [-0.1, -0.05) is 65.7 Å². The number of rotatable bonds is 3. The van der Waals surface area contributed by atoms with Crippen LogP contribution in [0.5, 0.6) is 0 Å². The first-order chi connectivity index (χ1) is 10.9. The summed E-state index contributed by atoms with van der Waals surface area (Å²) < 4.78 is 1.92. The Morgan fingerprint density at radius 2 is 0.727 bits per heavy atom. The molecular formula is C19H33PS2. The largest absolute Gasteiger partial charge is 0.0971 e. The minimum atomic E-state index is 0.385. The molecule has 0 aromatic heterocycles. The minimum absolute atomic E-state index is 0.385. The van der Waals surface area contributed by atoms with Crippen molar-refractivity contribution >= 4 is 36.7 Å². The van der Waals surface area contributed by atoms with Gasteiger partial charge in [-0.05, 0) is 79.9 Å². The molecule has 0 unspecified atom stereocenters. The number of hydrogen-bond donors (Lipinski definition) is 0. The average Bonchev–Trinajstić information content (AvgIpc) is 2.59. The van der Waals surface area contributed by atoms with E-state index in [1.807, 2.05) is 4.31 Å². The van der Waals surface area contributed by atoms with E-state index >= 15 is 0 Å². The monoisotopic (exact) mass is 356 g/mol. The SMILES string of the molecule is C1CCC(P(C2CCCCC2)C2CCCCC2)CC1.S=C=S. The summed E-state index contributed by atoms with van der Waals surface area (Å²) in [5.41, 5.74) is 3.57. The maximum absolute atomic E-state index is 3.96. The van der Waals surface area contributed by atoms with Crippen LogP contribution in [0.4, 0.5) is 0 Å². The highest BCUT2D eigenvalue weighted by Gasteiger charge is 2.36. The standard InChI is InChI=1S/C18H33P.CS2/c1-4-10-16(11-5-1)19(17-12-6-2-7-13-17)18-14-8-3-9-15-18;2-1-3/h16-18H,1-15H2;. The van der Waals surface area contributed by atoms with E-state index in [2.05, 4.69) is 24.4 Å². The van der Waals surface area contributed by atoms with Crippen LogP contribution in [-0.2, 0) is 0 Å². The molecule has 0 saturated heterocycles. The summed E-state index contributed by atoms with van der Waals surface area (Å²) in [6.07, 6.45) is 23.6. The Hall–Kier alpha value is 0.650. The summed E-state index contributed by atoms with van der Waals surface area (Å²) in [5.74, 6) is 0. The van der Waals surface area contributed by atoms with E-state index in [1.165, 1.54) is 36.2 Å². The van der Waals surface area contributed by atoms with E-state index in [-0.39, 0.29) is 0 Å². The molecule has 0 N–H and O–H groups in total. The topological polar surface area (TPSA) is 0 Å². The predicted molar refractivity (Wildman–Crippen MR) is 108 cm³/mol. The second-order valence-electron chi connectivity index (χ2n) is 7.41. The second kappa shape index (κ2) is 11.2. The molecular weight excluding hydrogens is 323 g/mol. The van der Waals surface area contributed by atoms with Crippen molar-refractivity contribution in [1.82, 2.24) is 0 Å². The van der Waals surface area contributed by atoms with Crippen LogP contribution < -0.4 is 0 Å². The minimum Gasteiger partial charge on any atom is -0.0971 e. The summed E-state index contributed by atoms with van der Waals surface area (Å²) in [6, 6.07) is 0. The lowest BCUT2D eigenvalue weighted by molar-refractivity contribution is 0.460. The molecule has 22 heavy (non-hydrogen) atoms. The van der Waals surface area contributed by atoms with E-state index in [0.717, 1.165) is 0 Å². The van der Waals surface area contributed by atoms with Crippen molar-refractivity contribution in [3.8, 4) is 0 Å². The molecule has 126 valence electrons. The van der Waals surface area contributed by atoms with Gasteiger partial charge in [-0.15, -0.1) is 0 Å². The van der Waals surface area contributed by atoms with E-state index in [0.29, 0.717) is 7.92 Å². The summed E-state index contributed by atoms with van der Waals surface area (Å²) in [7, 11) is 0.385. The predicted octanol–water partition coefficient (Wildman–Crippen LogP) is 7.48. The third-order valence-electron chi connectivity index (χ3n) is 5.99. The van der Waals surface area contributed by atoms with Gasteiger partial charge in [0.1, 0.15) is 0 Å². The van der Waals surface area contributed by atoms with Gasteiger partial charge >= 0.3 is 0 Å². The Morgan fingerprint density at radius 3 is 0.955 bits per heavy atom. The van der Waals surface area contributed by atoms with Gasteiger partial charge in [-0.2, -0.15) is 0 Å². The molecule has 3 heteroatoms. The van der Waals surface area contributed by atoms with E-state index in [1.54, 1.807) is 77.0 Å². The Morgan fingerprint density at radius 1 is 0.500 bits per heavy atom. The Kier molecular flexibility index (Phi) is 9.70. The van der Waals surface area contributed by atoms with Crippen LogP contribution in [0.25, 0.3) is 0 Å². The van der Waals surface area contributed by atoms with Crippen molar-refractivity contribution in [2.75, 3.05) is 0 Å². The van der Waals surface area contributed by atoms with Crippen molar-refractivity contribution in [2.24, 2.45) is 0 Å². The summed E-state index contributed by atoms with van der Waals surface area (Å²) in [6.45, 7) is 0. The summed E-state index contributed by atoms with van der Waals surface area (Å²) in [4.78, 5) is 0.